The van der Waals surface area contributed by atoms with Crippen molar-refractivity contribution in [3.05, 3.63) is 71.5 Å². The third-order valence-electron chi connectivity index (χ3n) is 3.45. The van der Waals surface area contributed by atoms with Gasteiger partial charge in [-0.3, -0.25) is 9.59 Å². The Balaban J connectivity index is 2.23. The monoisotopic (exact) mass is 338 g/mol. The summed E-state index contributed by atoms with van der Waals surface area (Å²) in [6.07, 6.45) is 3.58. The molecule has 0 fully saturated rings. The lowest BCUT2D eigenvalue weighted by atomic mass is 10.1. The van der Waals surface area contributed by atoms with E-state index in [0.717, 1.165) is 18.4 Å². The lowest BCUT2D eigenvalue weighted by molar-refractivity contribution is -0.131. The molecule has 0 saturated carbocycles. The Morgan fingerprint density at radius 1 is 1.00 bits per heavy atom. The van der Waals surface area contributed by atoms with Gasteiger partial charge in [0.25, 0.3) is 0 Å². The van der Waals surface area contributed by atoms with Crippen LogP contribution < -0.4 is 4.74 Å². The highest BCUT2D eigenvalue weighted by Crippen LogP contribution is 2.18. The van der Waals surface area contributed by atoms with Crippen LogP contribution in [-0.2, 0) is 9.53 Å². The molecule has 0 unspecified atom stereocenters. The van der Waals surface area contributed by atoms with Gasteiger partial charge in [0.2, 0.25) is 5.78 Å². The van der Waals surface area contributed by atoms with Crippen molar-refractivity contribution in [2.45, 2.75) is 26.7 Å². The van der Waals surface area contributed by atoms with Crippen molar-refractivity contribution in [1.82, 2.24) is 0 Å². The van der Waals surface area contributed by atoms with Crippen LogP contribution in [0.4, 0.5) is 0 Å². The number of hydrogen-bond donors (Lipinski definition) is 0. The van der Waals surface area contributed by atoms with Crippen LogP contribution >= 0.6 is 0 Å². The van der Waals surface area contributed by atoms with Gasteiger partial charge in [-0.1, -0.05) is 55.8 Å². The fraction of sp³-hybridized carbons (Fsp3) is 0.238. The molecule has 0 aromatic heterocycles. The SMILES string of the molecule is CCCCO/C(=C/c1ccc(OC(C)=O)cc1)C(=O)c1ccccc1. The number of esters is 1. The number of hydrogen-bond acceptors (Lipinski definition) is 4. The van der Waals surface area contributed by atoms with E-state index in [2.05, 4.69) is 6.92 Å². The molecule has 0 aliphatic carbocycles. The topological polar surface area (TPSA) is 52.6 Å². The summed E-state index contributed by atoms with van der Waals surface area (Å²) in [4.78, 5) is 23.7. The summed E-state index contributed by atoms with van der Waals surface area (Å²) in [5, 5.41) is 0. The van der Waals surface area contributed by atoms with E-state index in [9.17, 15) is 9.59 Å². The Morgan fingerprint density at radius 3 is 2.28 bits per heavy atom. The summed E-state index contributed by atoms with van der Waals surface area (Å²) < 4.78 is 10.7. The second-order valence-electron chi connectivity index (χ2n) is 5.57. The Morgan fingerprint density at radius 2 is 1.68 bits per heavy atom. The minimum absolute atomic E-state index is 0.152. The molecule has 0 spiro atoms. The van der Waals surface area contributed by atoms with E-state index in [0.29, 0.717) is 23.7 Å². The van der Waals surface area contributed by atoms with E-state index in [-0.39, 0.29) is 11.8 Å². The van der Waals surface area contributed by atoms with Gasteiger partial charge in [0.05, 0.1) is 6.61 Å². The summed E-state index contributed by atoms with van der Waals surface area (Å²) >= 11 is 0. The Bertz CT molecular complexity index is 730. The standard InChI is InChI=1S/C21H22O4/c1-3-4-14-24-20(21(23)18-8-6-5-7-9-18)15-17-10-12-19(13-11-17)25-16(2)22/h5-13,15H,3-4,14H2,1-2H3/b20-15+. The number of allylic oxidation sites excluding steroid dienone is 1. The summed E-state index contributed by atoms with van der Waals surface area (Å²) in [6.45, 7) is 3.91. The van der Waals surface area contributed by atoms with Crippen LogP contribution in [0.25, 0.3) is 6.08 Å². The van der Waals surface area contributed by atoms with E-state index in [1.165, 1.54) is 6.92 Å². The average molecular weight is 338 g/mol. The van der Waals surface area contributed by atoms with Crippen molar-refractivity contribution >= 4 is 17.8 Å². The minimum atomic E-state index is -0.369. The van der Waals surface area contributed by atoms with E-state index in [1.54, 1.807) is 42.5 Å². The van der Waals surface area contributed by atoms with Crippen LogP contribution in [0.1, 0.15) is 42.6 Å². The molecule has 0 atom stereocenters. The second-order valence-corrected chi connectivity index (χ2v) is 5.57. The molecule has 0 heterocycles. The highest BCUT2D eigenvalue weighted by molar-refractivity contribution is 6.09. The molecule has 2 aromatic rings. The van der Waals surface area contributed by atoms with Gasteiger partial charge in [0.1, 0.15) is 5.75 Å². The molecule has 0 aliphatic heterocycles. The molecular formula is C21H22O4. The number of unbranched alkanes of at least 4 members (excludes halogenated alkanes) is 1. The minimum Gasteiger partial charge on any atom is -0.489 e. The number of Topliss-reactive ketones (excluding diaryl/α,β-unsaturated/α-hetero) is 1. The van der Waals surface area contributed by atoms with Crippen LogP contribution in [0.2, 0.25) is 0 Å². The van der Waals surface area contributed by atoms with Crippen molar-refractivity contribution < 1.29 is 19.1 Å². The van der Waals surface area contributed by atoms with E-state index in [4.69, 9.17) is 9.47 Å². The van der Waals surface area contributed by atoms with E-state index >= 15 is 0 Å². The Kier molecular flexibility index (Phi) is 6.96. The number of rotatable bonds is 8. The van der Waals surface area contributed by atoms with Crippen molar-refractivity contribution in [2.75, 3.05) is 6.61 Å². The van der Waals surface area contributed by atoms with E-state index in [1.807, 2.05) is 18.2 Å². The predicted octanol–water partition coefficient (Wildman–Crippen LogP) is 4.65. The predicted molar refractivity (Wildman–Crippen MR) is 97.4 cm³/mol. The average Bonchev–Trinajstić information content (AvgIpc) is 2.62. The van der Waals surface area contributed by atoms with E-state index < -0.39 is 0 Å². The summed E-state index contributed by atoms with van der Waals surface area (Å²) in [6, 6.07) is 16.0. The van der Waals surface area contributed by atoms with Crippen LogP contribution in [-0.4, -0.2) is 18.4 Å². The first-order valence-corrected chi connectivity index (χ1v) is 8.33. The number of ether oxygens (including phenoxy) is 2. The lowest BCUT2D eigenvalue weighted by Crippen LogP contribution is -2.08. The van der Waals surface area contributed by atoms with Gasteiger partial charge in [-0.15, -0.1) is 0 Å². The van der Waals surface area contributed by atoms with Gasteiger partial charge in [-0.2, -0.15) is 0 Å². The molecule has 0 radical (unpaired) electrons. The first-order valence-electron chi connectivity index (χ1n) is 8.33. The second kappa shape index (κ2) is 9.42. The molecule has 0 N–H and O–H groups in total. The highest BCUT2D eigenvalue weighted by Gasteiger charge is 2.13. The van der Waals surface area contributed by atoms with Crippen LogP contribution in [0.15, 0.2) is 60.4 Å². The summed E-state index contributed by atoms with van der Waals surface area (Å²) in [5.74, 6) is 0.249. The maximum Gasteiger partial charge on any atom is 0.308 e. The summed E-state index contributed by atoms with van der Waals surface area (Å²) in [7, 11) is 0. The van der Waals surface area contributed by atoms with Gasteiger partial charge in [0.15, 0.2) is 5.76 Å². The Hall–Kier alpha value is -2.88. The van der Waals surface area contributed by atoms with Crippen LogP contribution in [0, 0.1) is 0 Å². The van der Waals surface area contributed by atoms with Gasteiger partial charge < -0.3 is 9.47 Å². The zero-order valence-corrected chi connectivity index (χ0v) is 14.5. The molecule has 0 aliphatic rings. The molecule has 0 bridgehead atoms. The molecule has 0 saturated heterocycles. The van der Waals surface area contributed by atoms with Crippen molar-refractivity contribution in [2.24, 2.45) is 0 Å². The van der Waals surface area contributed by atoms with Crippen molar-refractivity contribution in [1.29, 1.82) is 0 Å². The maximum atomic E-state index is 12.7. The third kappa shape index (κ3) is 5.92. The summed E-state index contributed by atoms with van der Waals surface area (Å²) in [5.41, 5.74) is 1.38. The number of ketones is 1. The van der Waals surface area contributed by atoms with Gasteiger partial charge in [0, 0.05) is 12.5 Å². The largest absolute Gasteiger partial charge is 0.489 e. The highest BCUT2D eigenvalue weighted by atomic mass is 16.5. The molecule has 2 aromatic carbocycles. The smallest absolute Gasteiger partial charge is 0.308 e. The van der Waals surface area contributed by atoms with Gasteiger partial charge >= 0.3 is 5.97 Å². The van der Waals surface area contributed by atoms with Gasteiger partial charge in [-0.05, 0) is 30.2 Å². The zero-order chi connectivity index (χ0) is 18.1. The first kappa shape index (κ1) is 18.5. The van der Waals surface area contributed by atoms with Crippen molar-refractivity contribution in [3.8, 4) is 5.75 Å². The molecule has 25 heavy (non-hydrogen) atoms. The third-order valence-corrected chi connectivity index (χ3v) is 3.45. The number of carbonyl (C=O) groups is 2. The van der Waals surface area contributed by atoms with Crippen LogP contribution in [0.5, 0.6) is 5.75 Å². The maximum absolute atomic E-state index is 12.7. The quantitative estimate of drug-likeness (QED) is 0.175. The molecule has 4 nitrogen and oxygen atoms in total. The molecule has 130 valence electrons. The van der Waals surface area contributed by atoms with Crippen LogP contribution in [0.3, 0.4) is 0 Å². The first-order chi connectivity index (χ1) is 12.1. The molecule has 2 rings (SSSR count). The number of carbonyl (C=O) groups excluding carboxylic acids is 2. The zero-order valence-electron chi connectivity index (χ0n) is 14.5. The number of benzene rings is 2. The van der Waals surface area contributed by atoms with Crippen molar-refractivity contribution in [3.63, 3.8) is 0 Å². The fourth-order valence-corrected chi connectivity index (χ4v) is 2.18. The molecule has 4 heteroatoms. The fourth-order valence-electron chi connectivity index (χ4n) is 2.18. The normalized spacial score (nSPS) is 11.0. The lowest BCUT2D eigenvalue weighted by Gasteiger charge is -2.10. The van der Waals surface area contributed by atoms with Gasteiger partial charge in [-0.25, -0.2) is 0 Å². The Labute approximate surface area is 148 Å². The molecule has 0 amide bonds. The molecular weight excluding hydrogens is 316 g/mol.